The molecule has 1 heterocycles. The van der Waals surface area contributed by atoms with Gasteiger partial charge in [0.1, 0.15) is 11.9 Å². The number of rotatable bonds is 3. The Balaban J connectivity index is 1.41. The summed E-state index contributed by atoms with van der Waals surface area (Å²) in [5, 5.41) is 29.7. The molecule has 0 amide bonds. The number of fused-ring (bicyclic) bond motifs is 5. The minimum atomic E-state index is -0.534. The van der Waals surface area contributed by atoms with Gasteiger partial charge in [-0.05, 0) is 74.2 Å². The third-order valence-corrected chi connectivity index (χ3v) is 10.1. The molecule has 5 rings (SSSR count). The predicted octanol–water partition coefficient (Wildman–Crippen LogP) is 2.52. The lowest BCUT2D eigenvalue weighted by molar-refractivity contribution is -0.188. The molecule has 0 aromatic rings. The zero-order valence-corrected chi connectivity index (χ0v) is 18.5. The number of nitrogens with one attached hydrogen (secondary N) is 1. The summed E-state index contributed by atoms with van der Waals surface area (Å²) in [7, 11) is 0. The van der Waals surface area contributed by atoms with Crippen molar-refractivity contribution in [2.24, 2.45) is 45.6 Å². The Kier molecular flexibility index (Phi) is 5.27. The molecule has 1 aliphatic heterocycles. The number of hydrogen-bond donors (Lipinski definition) is 3. The molecule has 0 bridgehead atoms. The smallest absolute Gasteiger partial charge is 0.141 e. The van der Waals surface area contributed by atoms with Crippen molar-refractivity contribution in [3.63, 3.8) is 0 Å². The first-order valence-corrected chi connectivity index (χ1v) is 12.1. The van der Waals surface area contributed by atoms with E-state index < -0.39 is 6.10 Å². The molecule has 0 radical (unpaired) electrons. The zero-order chi connectivity index (χ0) is 21.1. The molecule has 0 aromatic heterocycles. The Morgan fingerprint density at radius 2 is 1.97 bits per heavy atom. The van der Waals surface area contributed by atoms with E-state index in [0.717, 1.165) is 63.7 Å². The highest BCUT2D eigenvalue weighted by atomic mass is 16.6. The van der Waals surface area contributed by atoms with Gasteiger partial charge in [-0.1, -0.05) is 19.0 Å². The van der Waals surface area contributed by atoms with E-state index in [9.17, 15) is 15.0 Å². The lowest BCUT2D eigenvalue weighted by atomic mass is 9.42. The van der Waals surface area contributed by atoms with Crippen LogP contribution in [0.3, 0.4) is 0 Å². The second-order valence-electron chi connectivity index (χ2n) is 11.2. The molecule has 5 aliphatic rings. The van der Waals surface area contributed by atoms with Gasteiger partial charge in [0, 0.05) is 37.3 Å². The van der Waals surface area contributed by atoms with Crippen molar-refractivity contribution in [3.8, 4) is 0 Å². The normalized spacial score (nSPS) is 52.1. The molecule has 1 saturated heterocycles. The second-order valence-corrected chi connectivity index (χ2v) is 11.2. The van der Waals surface area contributed by atoms with Crippen LogP contribution < -0.4 is 5.32 Å². The van der Waals surface area contributed by atoms with Crippen molar-refractivity contribution in [2.75, 3.05) is 19.7 Å². The fraction of sp³-hybridized carbons (Fsp3) is 0.917. The van der Waals surface area contributed by atoms with Crippen LogP contribution in [0.2, 0.25) is 0 Å². The number of oxime groups is 1. The lowest BCUT2D eigenvalue weighted by Gasteiger charge is -2.63. The van der Waals surface area contributed by atoms with E-state index in [0.29, 0.717) is 18.1 Å². The molecule has 2 unspecified atom stereocenters. The average Bonchev–Trinajstić information content (AvgIpc) is 3.36. The molecule has 30 heavy (non-hydrogen) atoms. The van der Waals surface area contributed by atoms with E-state index in [1.165, 1.54) is 0 Å². The Morgan fingerprint density at radius 1 is 1.13 bits per heavy atom. The average molecular weight is 419 g/mol. The molecule has 4 aliphatic carbocycles. The largest absolute Gasteiger partial charge is 0.396 e. The van der Waals surface area contributed by atoms with Gasteiger partial charge >= 0.3 is 0 Å². The molecule has 0 aromatic carbocycles. The van der Waals surface area contributed by atoms with Gasteiger partial charge in [0.2, 0.25) is 0 Å². The first kappa shape index (κ1) is 20.9. The summed E-state index contributed by atoms with van der Waals surface area (Å²) in [5.41, 5.74) is 0.902. The first-order valence-electron chi connectivity index (χ1n) is 12.1. The number of hydrogen-bond acceptors (Lipinski definition) is 6. The molecule has 4 saturated carbocycles. The van der Waals surface area contributed by atoms with E-state index in [1.807, 2.05) is 0 Å². The van der Waals surface area contributed by atoms with Crippen LogP contribution in [0.25, 0.3) is 0 Å². The van der Waals surface area contributed by atoms with Crippen LogP contribution in [0.5, 0.6) is 0 Å². The fourth-order valence-electron chi connectivity index (χ4n) is 8.21. The van der Waals surface area contributed by atoms with E-state index >= 15 is 0 Å². The van der Waals surface area contributed by atoms with E-state index in [-0.39, 0.29) is 47.2 Å². The summed E-state index contributed by atoms with van der Waals surface area (Å²) >= 11 is 0. The highest BCUT2D eigenvalue weighted by Crippen LogP contribution is 2.66. The van der Waals surface area contributed by atoms with E-state index in [2.05, 4.69) is 24.3 Å². The molecular formula is C24H38N2O4. The maximum absolute atomic E-state index is 12.7. The van der Waals surface area contributed by atoms with Crippen molar-refractivity contribution in [3.05, 3.63) is 0 Å². The van der Waals surface area contributed by atoms with Crippen molar-refractivity contribution >= 4 is 11.5 Å². The highest BCUT2D eigenvalue weighted by Gasteiger charge is 2.64. The van der Waals surface area contributed by atoms with Crippen molar-refractivity contribution in [1.82, 2.24) is 5.32 Å². The second kappa shape index (κ2) is 7.56. The van der Waals surface area contributed by atoms with Gasteiger partial charge in [0.15, 0.2) is 0 Å². The number of aliphatic hydroxyl groups is 2. The molecule has 6 nitrogen and oxygen atoms in total. The molecule has 3 N–H and O–H groups in total. The number of nitrogens with zero attached hydrogens (tertiary/aromatic N) is 1. The van der Waals surface area contributed by atoms with Crippen LogP contribution in [-0.2, 0) is 9.63 Å². The number of ketones is 1. The third kappa shape index (κ3) is 3.01. The summed E-state index contributed by atoms with van der Waals surface area (Å²) in [4.78, 5) is 18.5. The standard InChI is InChI=1S/C24H38N2O4/c1-23-8-5-14(26-30-15-7-10-25-12-15)11-19(23)16(13-27)22(29)21-17-3-4-20(28)24(17,2)9-6-18(21)23/h15-19,21-22,25,27,29H,3-13H2,1-2H3/b26-14+/t15?,16-,17+,18+,19?,21+,22-,23-,24+/m1/s1. The first-order chi connectivity index (χ1) is 14.4. The highest BCUT2D eigenvalue weighted by molar-refractivity contribution is 5.87. The topological polar surface area (TPSA) is 91.2 Å². The summed E-state index contributed by atoms with van der Waals surface area (Å²) in [6.45, 7) is 6.38. The minimum absolute atomic E-state index is 0.00268. The van der Waals surface area contributed by atoms with Gasteiger partial charge in [-0.25, -0.2) is 0 Å². The van der Waals surface area contributed by atoms with Crippen molar-refractivity contribution in [2.45, 2.75) is 77.4 Å². The number of aliphatic hydroxyl groups excluding tert-OH is 2. The van der Waals surface area contributed by atoms with E-state index in [4.69, 9.17) is 4.84 Å². The van der Waals surface area contributed by atoms with Gasteiger partial charge in [-0.15, -0.1) is 0 Å². The SMILES string of the molecule is C[C@]12CC/C(=N\OC3CCNC3)CC1[C@@H](CO)[C@@H](O)[C@@H]1[C@@H]2CC[C@]2(C)C(=O)CC[C@@H]12. The van der Waals surface area contributed by atoms with Gasteiger partial charge in [-0.2, -0.15) is 0 Å². The molecule has 9 atom stereocenters. The monoisotopic (exact) mass is 418 g/mol. The van der Waals surface area contributed by atoms with Crippen molar-refractivity contribution in [1.29, 1.82) is 0 Å². The molecule has 0 spiro atoms. The van der Waals surface area contributed by atoms with Gasteiger partial charge in [0.25, 0.3) is 0 Å². The molecule has 168 valence electrons. The maximum Gasteiger partial charge on any atom is 0.141 e. The van der Waals surface area contributed by atoms with Crippen LogP contribution >= 0.6 is 0 Å². The van der Waals surface area contributed by atoms with E-state index in [1.54, 1.807) is 0 Å². The summed E-state index contributed by atoms with van der Waals surface area (Å²) in [6.07, 6.45) is 6.94. The minimum Gasteiger partial charge on any atom is -0.396 e. The van der Waals surface area contributed by atoms with Crippen LogP contribution in [0.1, 0.15) is 65.2 Å². The quantitative estimate of drug-likeness (QED) is 0.613. The molecular weight excluding hydrogens is 380 g/mol. The summed E-state index contributed by atoms with van der Waals surface area (Å²) < 4.78 is 0. The van der Waals surface area contributed by atoms with Gasteiger partial charge < -0.3 is 20.4 Å². The maximum atomic E-state index is 12.7. The Labute approximate surface area is 179 Å². The third-order valence-electron chi connectivity index (χ3n) is 10.1. The van der Waals surface area contributed by atoms with Gasteiger partial charge in [0.05, 0.1) is 11.8 Å². The van der Waals surface area contributed by atoms with Crippen LogP contribution in [-0.4, -0.2) is 53.6 Å². The Bertz CT molecular complexity index is 720. The summed E-state index contributed by atoms with van der Waals surface area (Å²) in [5.74, 6) is 1.28. The lowest BCUT2D eigenvalue weighted by Crippen LogP contribution is -2.62. The van der Waals surface area contributed by atoms with Crippen LogP contribution in [0.15, 0.2) is 5.16 Å². The molecule has 5 fully saturated rings. The number of Topliss-reactive ketones (excluding diaryl/α,β-unsaturated/α-hetero) is 1. The Morgan fingerprint density at radius 3 is 2.70 bits per heavy atom. The van der Waals surface area contributed by atoms with Crippen LogP contribution in [0.4, 0.5) is 0 Å². The zero-order valence-electron chi connectivity index (χ0n) is 18.5. The predicted molar refractivity (Wildman–Crippen MR) is 114 cm³/mol. The van der Waals surface area contributed by atoms with Gasteiger partial charge in [-0.3, -0.25) is 4.79 Å². The summed E-state index contributed by atoms with van der Waals surface area (Å²) in [6, 6.07) is 0. The fourth-order valence-corrected chi connectivity index (χ4v) is 8.21. The number of carbonyl (C=O) groups is 1. The Hall–Kier alpha value is -0.980. The van der Waals surface area contributed by atoms with Crippen molar-refractivity contribution < 1.29 is 19.8 Å². The number of carbonyl (C=O) groups excluding carboxylic acids is 1. The molecule has 6 heteroatoms. The van der Waals surface area contributed by atoms with Crippen LogP contribution in [0, 0.1) is 40.4 Å².